The maximum Gasteiger partial charge on any atom is 0.0534 e. The van der Waals surface area contributed by atoms with Crippen LogP contribution < -0.4 is 0 Å². The van der Waals surface area contributed by atoms with Gasteiger partial charge in [-0.3, -0.25) is 9.58 Å². The number of likely N-dealkylation sites (tertiary alicyclic amines) is 2. The number of aromatic nitrogens is 2. The average molecular weight is 288 g/mol. The fourth-order valence-electron chi connectivity index (χ4n) is 4.44. The molecule has 2 saturated heterocycles. The van der Waals surface area contributed by atoms with Gasteiger partial charge >= 0.3 is 0 Å². The molecule has 4 rings (SSSR count). The number of aryl methyl sites for hydroxylation is 1. The first-order valence-corrected chi connectivity index (χ1v) is 8.63. The second-order valence-electron chi connectivity index (χ2n) is 7.76. The van der Waals surface area contributed by atoms with E-state index in [4.69, 9.17) is 0 Å². The van der Waals surface area contributed by atoms with Crippen LogP contribution in [-0.2, 0) is 13.6 Å². The summed E-state index contributed by atoms with van der Waals surface area (Å²) >= 11 is 0. The van der Waals surface area contributed by atoms with Crippen molar-refractivity contribution in [2.24, 2.45) is 18.4 Å². The quantitative estimate of drug-likeness (QED) is 0.848. The van der Waals surface area contributed by atoms with E-state index in [9.17, 15) is 0 Å². The Morgan fingerprint density at radius 3 is 2.81 bits per heavy atom. The van der Waals surface area contributed by atoms with E-state index < -0.39 is 0 Å². The molecule has 116 valence electrons. The highest BCUT2D eigenvalue weighted by Crippen LogP contribution is 2.41. The van der Waals surface area contributed by atoms with Gasteiger partial charge in [-0.05, 0) is 56.5 Å². The van der Waals surface area contributed by atoms with Crippen molar-refractivity contribution in [3.8, 4) is 0 Å². The molecule has 1 spiro atoms. The van der Waals surface area contributed by atoms with Crippen molar-refractivity contribution in [2.45, 2.75) is 38.6 Å². The van der Waals surface area contributed by atoms with Crippen LogP contribution in [0.25, 0.3) is 0 Å². The molecule has 0 N–H and O–H groups in total. The molecule has 1 aromatic rings. The Morgan fingerprint density at radius 1 is 1.19 bits per heavy atom. The van der Waals surface area contributed by atoms with Gasteiger partial charge in [0.05, 0.1) is 6.20 Å². The van der Waals surface area contributed by atoms with E-state index in [2.05, 4.69) is 21.1 Å². The third-order valence-electron chi connectivity index (χ3n) is 5.64. The standard InChI is InChI=1S/C17H28N4/c1-19-10-16(9-18-19)12-20-7-2-5-17(13-20)6-8-21(14-17)11-15-3-4-15/h9-10,15H,2-8,11-14H2,1H3/t17-/m1/s1. The maximum atomic E-state index is 4.30. The third kappa shape index (κ3) is 3.16. The lowest BCUT2D eigenvalue weighted by Gasteiger charge is -2.40. The van der Waals surface area contributed by atoms with Gasteiger partial charge in [0.25, 0.3) is 0 Å². The highest BCUT2D eigenvalue weighted by molar-refractivity contribution is 5.05. The molecule has 0 aromatic carbocycles. The van der Waals surface area contributed by atoms with Gasteiger partial charge in [0, 0.05) is 45.0 Å². The summed E-state index contributed by atoms with van der Waals surface area (Å²) in [7, 11) is 2.01. The summed E-state index contributed by atoms with van der Waals surface area (Å²) in [6.45, 7) is 7.72. The van der Waals surface area contributed by atoms with Gasteiger partial charge in [0.2, 0.25) is 0 Å². The molecule has 21 heavy (non-hydrogen) atoms. The normalized spacial score (nSPS) is 31.3. The summed E-state index contributed by atoms with van der Waals surface area (Å²) in [4.78, 5) is 5.42. The highest BCUT2D eigenvalue weighted by Gasteiger charge is 2.42. The van der Waals surface area contributed by atoms with Crippen LogP contribution in [0.1, 0.15) is 37.7 Å². The molecule has 0 radical (unpaired) electrons. The summed E-state index contributed by atoms with van der Waals surface area (Å²) in [6.07, 6.45) is 11.4. The number of nitrogens with zero attached hydrogens (tertiary/aromatic N) is 4. The zero-order valence-electron chi connectivity index (χ0n) is 13.3. The minimum atomic E-state index is 0.593. The Bertz CT molecular complexity index is 493. The van der Waals surface area contributed by atoms with Crippen molar-refractivity contribution in [1.82, 2.24) is 19.6 Å². The van der Waals surface area contributed by atoms with Crippen molar-refractivity contribution in [2.75, 3.05) is 32.7 Å². The van der Waals surface area contributed by atoms with Crippen LogP contribution in [0.15, 0.2) is 12.4 Å². The Balaban J connectivity index is 1.36. The fraction of sp³-hybridized carbons (Fsp3) is 0.824. The molecule has 1 atom stereocenters. The SMILES string of the molecule is Cn1cc(CN2CCC[C@@]3(CCN(CC4CC4)C3)C2)cn1. The molecule has 0 amide bonds. The lowest BCUT2D eigenvalue weighted by atomic mass is 9.79. The molecule has 1 aromatic heterocycles. The lowest BCUT2D eigenvalue weighted by Crippen LogP contribution is -2.44. The lowest BCUT2D eigenvalue weighted by molar-refractivity contribution is 0.0869. The topological polar surface area (TPSA) is 24.3 Å². The molecule has 1 saturated carbocycles. The van der Waals surface area contributed by atoms with E-state index in [0.717, 1.165) is 12.5 Å². The summed E-state index contributed by atoms with van der Waals surface area (Å²) in [5.41, 5.74) is 1.96. The zero-order valence-corrected chi connectivity index (χ0v) is 13.3. The van der Waals surface area contributed by atoms with Gasteiger partial charge in [-0.2, -0.15) is 5.10 Å². The molecule has 4 heteroatoms. The minimum Gasteiger partial charge on any atom is -0.302 e. The average Bonchev–Trinajstić information content (AvgIpc) is 3.06. The van der Waals surface area contributed by atoms with Gasteiger partial charge in [-0.25, -0.2) is 0 Å². The largest absolute Gasteiger partial charge is 0.302 e. The van der Waals surface area contributed by atoms with E-state index in [0.29, 0.717) is 5.41 Å². The Labute approximate surface area is 128 Å². The van der Waals surface area contributed by atoms with Crippen molar-refractivity contribution >= 4 is 0 Å². The molecular weight excluding hydrogens is 260 g/mol. The molecule has 4 nitrogen and oxygen atoms in total. The first-order chi connectivity index (χ1) is 10.2. The van der Waals surface area contributed by atoms with E-state index >= 15 is 0 Å². The third-order valence-corrected chi connectivity index (χ3v) is 5.64. The number of hydrogen-bond acceptors (Lipinski definition) is 3. The summed E-state index contributed by atoms with van der Waals surface area (Å²) < 4.78 is 1.92. The van der Waals surface area contributed by atoms with Gasteiger partial charge in [0.1, 0.15) is 0 Å². The van der Waals surface area contributed by atoms with Crippen molar-refractivity contribution < 1.29 is 0 Å². The minimum absolute atomic E-state index is 0.593. The van der Waals surface area contributed by atoms with Gasteiger partial charge in [-0.15, -0.1) is 0 Å². The summed E-state index contributed by atoms with van der Waals surface area (Å²) in [5.74, 6) is 1.04. The van der Waals surface area contributed by atoms with Crippen LogP contribution in [-0.4, -0.2) is 52.3 Å². The summed E-state index contributed by atoms with van der Waals surface area (Å²) in [6, 6.07) is 0. The Hall–Kier alpha value is -0.870. The van der Waals surface area contributed by atoms with E-state index in [1.165, 1.54) is 70.4 Å². The Kier molecular flexibility index (Phi) is 3.54. The van der Waals surface area contributed by atoms with Crippen molar-refractivity contribution in [3.63, 3.8) is 0 Å². The van der Waals surface area contributed by atoms with Crippen molar-refractivity contribution in [3.05, 3.63) is 18.0 Å². The molecular formula is C17H28N4. The smallest absolute Gasteiger partial charge is 0.0534 e. The number of rotatable bonds is 4. The first-order valence-electron chi connectivity index (χ1n) is 8.63. The predicted octanol–water partition coefficient (Wildman–Crippen LogP) is 2.12. The second-order valence-corrected chi connectivity index (χ2v) is 7.76. The molecule has 1 aliphatic carbocycles. The number of piperidine rings is 1. The van der Waals surface area contributed by atoms with Crippen LogP contribution >= 0.6 is 0 Å². The van der Waals surface area contributed by atoms with E-state index in [1.54, 1.807) is 0 Å². The molecule has 3 fully saturated rings. The van der Waals surface area contributed by atoms with E-state index in [-0.39, 0.29) is 0 Å². The first kappa shape index (κ1) is 13.8. The Morgan fingerprint density at radius 2 is 2.05 bits per heavy atom. The van der Waals surface area contributed by atoms with E-state index in [1.807, 2.05) is 17.9 Å². The van der Waals surface area contributed by atoms with Gasteiger partial charge in [0.15, 0.2) is 0 Å². The zero-order chi connectivity index (χ0) is 14.3. The summed E-state index contributed by atoms with van der Waals surface area (Å²) in [5, 5.41) is 4.30. The molecule has 3 heterocycles. The number of hydrogen-bond donors (Lipinski definition) is 0. The molecule has 2 aliphatic heterocycles. The molecule has 0 unspecified atom stereocenters. The highest BCUT2D eigenvalue weighted by atomic mass is 15.2. The predicted molar refractivity (Wildman–Crippen MR) is 83.9 cm³/mol. The van der Waals surface area contributed by atoms with Crippen LogP contribution in [0.2, 0.25) is 0 Å². The van der Waals surface area contributed by atoms with Crippen LogP contribution in [0.3, 0.4) is 0 Å². The van der Waals surface area contributed by atoms with Crippen LogP contribution in [0.4, 0.5) is 0 Å². The second kappa shape index (κ2) is 5.40. The fourth-order valence-corrected chi connectivity index (χ4v) is 4.44. The maximum absolute atomic E-state index is 4.30. The van der Waals surface area contributed by atoms with Crippen LogP contribution in [0.5, 0.6) is 0 Å². The van der Waals surface area contributed by atoms with Gasteiger partial charge in [-0.1, -0.05) is 0 Å². The molecule has 0 bridgehead atoms. The van der Waals surface area contributed by atoms with Crippen molar-refractivity contribution in [1.29, 1.82) is 0 Å². The monoisotopic (exact) mass is 288 g/mol. The van der Waals surface area contributed by atoms with Gasteiger partial charge < -0.3 is 4.90 Å². The van der Waals surface area contributed by atoms with Crippen LogP contribution in [0, 0.1) is 11.3 Å². The molecule has 3 aliphatic rings.